The lowest BCUT2D eigenvalue weighted by molar-refractivity contribution is 0.178. The fourth-order valence-corrected chi connectivity index (χ4v) is 8.12. The van der Waals surface area contributed by atoms with E-state index < -0.39 is 10.0 Å². The van der Waals surface area contributed by atoms with Crippen LogP contribution in [0.1, 0.15) is 35.8 Å². The zero-order valence-electron chi connectivity index (χ0n) is 21.7. The van der Waals surface area contributed by atoms with E-state index >= 15 is 0 Å². The average molecular weight is 547 g/mol. The summed E-state index contributed by atoms with van der Waals surface area (Å²) in [5.74, 6) is 0.356. The van der Waals surface area contributed by atoms with Gasteiger partial charge in [-0.2, -0.15) is 9.29 Å². The van der Waals surface area contributed by atoms with Crippen LogP contribution < -0.4 is 15.0 Å². The summed E-state index contributed by atoms with van der Waals surface area (Å²) in [5, 5.41) is 0.756. The third-order valence-electron chi connectivity index (χ3n) is 7.22. The molecule has 200 valence electrons. The maximum absolute atomic E-state index is 13.6. The predicted molar refractivity (Wildman–Crippen MR) is 145 cm³/mol. The number of hydrogen-bond acceptors (Lipinski definition) is 8. The van der Waals surface area contributed by atoms with Gasteiger partial charge in [0, 0.05) is 44.1 Å². The largest absolute Gasteiger partial charge is 0.495 e. The number of fused-ring (bicyclic) bond motifs is 3. The molecule has 0 atom stereocenters. The summed E-state index contributed by atoms with van der Waals surface area (Å²) in [6, 6.07) is 5.56. The number of ether oxygens (including phenoxy) is 2. The standard InChI is InChI=1S/C26H34N4O5S2/c1-4-35-26-27-24-23(19-7-5-6-8-21(19)36-24)25(31)30(26)16-13-28-11-14-29(15-12-28)37(32,33)22-17-18(2)9-10-20(22)34-3/h9-10,17H,4-8,11-16H2,1-3H3. The van der Waals surface area contributed by atoms with Crippen molar-refractivity contribution in [2.24, 2.45) is 0 Å². The molecule has 0 N–H and O–H groups in total. The minimum Gasteiger partial charge on any atom is -0.495 e. The SMILES string of the molecule is CCOc1nc2sc3c(c2c(=O)n1CCN1CCN(S(=O)(=O)c2cc(C)ccc2OC)CC1)CCCC3. The average Bonchev–Trinajstić information content (AvgIpc) is 3.27. The van der Waals surface area contributed by atoms with E-state index in [0.29, 0.717) is 57.6 Å². The Morgan fingerprint density at radius 2 is 1.84 bits per heavy atom. The Hall–Kier alpha value is -2.47. The number of hydrogen-bond donors (Lipinski definition) is 0. The number of thiophene rings is 1. The van der Waals surface area contributed by atoms with Gasteiger partial charge >= 0.3 is 6.01 Å². The van der Waals surface area contributed by atoms with Crippen LogP contribution in [0.15, 0.2) is 27.9 Å². The van der Waals surface area contributed by atoms with Gasteiger partial charge in [0.2, 0.25) is 10.0 Å². The highest BCUT2D eigenvalue weighted by molar-refractivity contribution is 7.89. The summed E-state index contributed by atoms with van der Waals surface area (Å²) in [5.41, 5.74) is 2.01. The van der Waals surface area contributed by atoms with Crippen LogP contribution in [0.4, 0.5) is 0 Å². The fourth-order valence-electron chi connectivity index (χ4n) is 5.22. The molecule has 0 radical (unpaired) electrons. The first kappa shape index (κ1) is 26.1. The summed E-state index contributed by atoms with van der Waals surface area (Å²) in [7, 11) is -2.18. The molecule has 0 saturated carbocycles. The van der Waals surface area contributed by atoms with E-state index in [9.17, 15) is 13.2 Å². The number of rotatable bonds is 8. The van der Waals surface area contributed by atoms with Crippen LogP contribution in [-0.2, 0) is 29.4 Å². The summed E-state index contributed by atoms with van der Waals surface area (Å²) in [4.78, 5) is 22.8. The first-order valence-electron chi connectivity index (χ1n) is 12.9. The zero-order chi connectivity index (χ0) is 26.2. The molecule has 1 aliphatic heterocycles. The van der Waals surface area contributed by atoms with Crippen LogP contribution >= 0.6 is 11.3 Å². The molecule has 11 heteroatoms. The smallest absolute Gasteiger partial charge is 0.300 e. The number of benzene rings is 1. The van der Waals surface area contributed by atoms with Gasteiger partial charge in [-0.25, -0.2) is 8.42 Å². The third kappa shape index (κ3) is 5.01. The highest BCUT2D eigenvalue weighted by Crippen LogP contribution is 2.34. The van der Waals surface area contributed by atoms with Crippen LogP contribution in [0.3, 0.4) is 0 Å². The molecule has 2 aliphatic rings. The lowest BCUT2D eigenvalue weighted by Gasteiger charge is -2.34. The normalized spacial score (nSPS) is 17.2. The van der Waals surface area contributed by atoms with E-state index in [0.717, 1.165) is 41.5 Å². The third-order valence-corrected chi connectivity index (χ3v) is 10.3. The molecule has 1 aliphatic carbocycles. The number of methoxy groups -OCH3 is 1. The van der Waals surface area contributed by atoms with Crippen molar-refractivity contribution in [1.82, 2.24) is 18.8 Å². The van der Waals surface area contributed by atoms with Gasteiger partial charge in [-0.1, -0.05) is 6.07 Å². The van der Waals surface area contributed by atoms with E-state index in [-0.39, 0.29) is 10.5 Å². The number of aryl methyl sites for hydroxylation is 3. The van der Waals surface area contributed by atoms with Crippen LogP contribution in [0, 0.1) is 6.92 Å². The number of sulfonamides is 1. The molecule has 0 amide bonds. The minimum absolute atomic E-state index is 0.0272. The minimum atomic E-state index is -3.67. The summed E-state index contributed by atoms with van der Waals surface area (Å²) in [6.45, 7) is 7.16. The Balaban J connectivity index is 1.31. The number of piperazine rings is 1. The van der Waals surface area contributed by atoms with Crippen LogP contribution in [0.2, 0.25) is 0 Å². The molecule has 37 heavy (non-hydrogen) atoms. The Labute approximate surface area is 221 Å². The van der Waals surface area contributed by atoms with Gasteiger partial charge in [0.15, 0.2) is 0 Å². The summed E-state index contributed by atoms with van der Waals surface area (Å²) in [6.07, 6.45) is 4.21. The molecular weight excluding hydrogens is 512 g/mol. The van der Waals surface area contributed by atoms with Crippen LogP contribution in [-0.4, -0.2) is 73.6 Å². The predicted octanol–water partition coefficient (Wildman–Crippen LogP) is 3.06. The van der Waals surface area contributed by atoms with Gasteiger partial charge < -0.3 is 9.47 Å². The zero-order valence-corrected chi connectivity index (χ0v) is 23.3. The van der Waals surface area contributed by atoms with Crippen molar-refractivity contribution in [3.63, 3.8) is 0 Å². The Kier molecular flexibility index (Phi) is 7.58. The van der Waals surface area contributed by atoms with Crippen LogP contribution in [0.5, 0.6) is 11.8 Å². The molecule has 2 aromatic heterocycles. The Bertz CT molecular complexity index is 1460. The molecule has 1 aromatic carbocycles. The van der Waals surface area contributed by atoms with E-state index in [1.54, 1.807) is 28.0 Å². The van der Waals surface area contributed by atoms with E-state index in [4.69, 9.17) is 14.5 Å². The quantitative estimate of drug-likeness (QED) is 0.429. The van der Waals surface area contributed by atoms with Gasteiger partial charge in [-0.15, -0.1) is 11.3 Å². The van der Waals surface area contributed by atoms with Crippen LogP contribution in [0.25, 0.3) is 10.2 Å². The second kappa shape index (κ2) is 10.7. The maximum Gasteiger partial charge on any atom is 0.300 e. The Morgan fingerprint density at radius 1 is 1.08 bits per heavy atom. The molecule has 0 unspecified atom stereocenters. The highest BCUT2D eigenvalue weighted by Gasteiger charge is 2.31. The molecule has 3 aromatic rings. The number of aromatic nitrogens is 2. The number of nitrogens with zero attached hydrogens (tertiary/aromatic N) is 4. The second-order valence-electron chi connectivity index (χ2n) is 9.58. The topological polar surface area (TPSA) is 94.0 Å². The summed E-state index contributed by atoms with van der Waals surface area (Å²) >= 11 is 1.63. The van der Waals surface area contributed by atoms with Crippen molar-refractivity contribution >= 4 is 31.6 Å². The van der Waals surface area contributed by atoms with Gasteiger partial charge in [0.05, 0.1) is 19.1 Å². The lowest BCUT2D eigenvalue weighted by atomic mass is 9.97. The van der Waals surface area contributed by atoms with Crippen molar-refractivity contribution in [2.45, 2.75) is 51.0 Å². The van der Waals surface area contributed by atoms with Gasteiger partial charge in [0.1, 0.15) is 15.5 Å². The maximum atomic E-state index is 13.6. The Morgan fingerprint density at radius 3 is 2.57 bits per heavy atom. The second-order valence-corrected chi connectivity index (χ2v) is 12.6. The highest BCUT2D eigenvalue weighted by atomic mass is 32.2. The summed E-state index contributed by atoms with van der Waals surface area (Å²) < 4.78 is 41.0. The fraction of sp³-hybridized carbons (Fsp3) is 0.538. The van der Waals surface area contributed by atoms with Crippen molar-refractivity contribution in [1.29, 1.82) is 0 Å². The first-order valence-corrected chi connectivity index (χ1v) is 15.1. The molecular formula is C26H34N4O5S2. The van der Waals surface area contributed by atoms with Crippen molar-refractivity contribution in [3.8, 4) is 11.8 Å². The molecule has 9 nitrogen and oxygen atoms in total. The van der Waals surface area contributed by atoms with Gasteiger partial charge in [-0.05, 0) is 62.8 Å². The van der Waals surface area contributed by atoms with E-state index in [2.05, 4.69) is 4.90 Å². The van der Waals surface area contributed by atoms with E-state index in [1.165, 1.54) is 21.9 Å². The van der Waals surface area contributed by atoms with Gasteiger partial charge in [0.25, 0.3) is 5.56 Å². The molecule has 5 rings (SSSR count). The van der Waals surface area contributed by atoms with Crippen molar-refractivity contribution < 1.29 is 17.9 Å². The molecule has 1 fully saturated rings. The first-order chi connectivity index (χ1) is 17.8. The van der Waals surface area contributed by atoms with E-state index in [1.807, 2.05) is 19.9 Å². The lowest BCUT2D eigenvalue weighted by Crippen LogP contribution is -2.49. The van der Waals surface area contributed by atoms with Crippen molar-refractivity contribution in [2.75, 3.05) is 46.4 Å². The molecule has 0 bridgehead atoms. The van der Waals surface area contributed by atoms with Gasteiger partial charge in [-0.3, -0.25) is 14.3 Å². The van der Waals surface area contributed by atoms with Crippen molar-refractivity contribution in [3.05, 3.63) is 44.6 Å². The molecule has 1 saturated heterocycles. The molecule has 0 spiro atoms. The monoisotopic (exact) mass is 546 g/mol. The molecule has 3 heterocycles.